The summed E-state index contributed by atoms with van der Waals surface area (Å²) in [5.74, 6) is 0. The van der Waals surface area contributed by atoms with Gasteiger partial charge in [-0.25, -0.2) is 8.42 Å². The molecule has 2 atom stereocenters. The van der Waals surface area contributed by atoms with Crippen LogP contribution in [0.25, 0.3) is 0 Å². The van der Waals surface area contributed by atoms with Crippen molar-refractivity contribution in [3.63, 3.8) is 0 Å². The second-order valence-corrected chi connectivity index (χ2v) is 6.77. The summed E-state index contributed by atoms with van der Waals surface area (Å²) in [6.07, 6.45) is 2.34. The standard InChI is InChI=1S/C13H20N2O3S/c1-9-8-11(14-13-6-7-18-10(13)2)4-5-12(9)15-19(3,16)17/h4-5,8,10,13-15H,6-7H2,1-3H3. The number of anilines is 2. The lowest BCUT2D eigenvalue weighted by Crippen LogP contribution is -2.26. The molecule has 0 aliphatic carbocycles. The van der Waals surface area contributed by atoms with Crippen LogP contribution in [0.15, 0.2) is 18.2 Å². The van der Waals surface area contributed by atoms with E-state index in [2.05, 4.69) is 17.0 Å². The van der Waals surface area contributed by atoms with E-state index in [0.29, 0.717) is 11.7 Å². The normalized spacial score (nSPS) is 23.3. The van der Waals surface area contributed by atoms with Crippen LogP contribution in [0.4, 0.5) is 11.4 Å². The van der Waals surface area contributed by atoms with Crippen LogP contribution in [0.1, 0.15) is 18.9 Å². The van der Waals surface area contributed by atoms with E-state index in [-0.39, 0.29) is 6.10 Å². The van der Waals surface area contributed by atoms with Gasteiger partial charge in [-0.3, -0.25) is 4.72 Å². The highest BCUT2D eigenvalue weighted by Crippen LogP contribution is 2.23. The van der Waals surface area contributed by atoms with E-state index >= 15 is 0 Å². The molecule has 2 unspecified atom stereocenters. The number of hydrogen-bond acceptors (Lipinski definition) is 4. The first kappa shape index (κ1) is 14.1. The van der Waals surface area contributed by atoms with Crippen molar-refractivity contribution in [2.24, 2.45) is 0 Å². The topological polar surface area (TPSA) is 67.4 Å². The predicted octanol–water partition coefficient (Wildman–Crippen LogP) is 1.96. The summed E-state index contributed by atoms with van der Waals surface area (Å²) in [5.41, 5.74) is 2.49. The van der Waals surface area contributed by atoms with Gasteiger partial charge in [0.05, 0.1) is 24.1 Å². The lowest BCUT2D eigenvalue weighted by molar-refractivity contribution is 0.121. The zero-order valence-electron chi connectivity index (χ0n) is 11.4. The molecule has 0 aromatic heterocycles. The molecule has 1 aliphatic rings. The van der Waals surface area contributed by atoms with Crippen molar-refractivity contribution >= 4 is 21.4 Å². The molecule has 0 bridgehead atoms. The molecule has 0 radical (unpaired) electrons. The van der Waals surface area contributed by atoms with Crippen molar-refractivity contribution in [1.29, 1.82) is 0 Å². The maximum Gasteiger partial charge on any atom is 0.229 e. The van der Waals surface area contributed by atoms with Gasteiger partial charge in [0.1, 0.15) is 0 Å². The number of ether oxygens (including phenoxy) is 1. The van der Waals surface area contributed by atoms with E-state index in [9.17, 15) is 8.42 Å². The smallest absolute Gasteiger partial charge is 0.229 e. The van der Waals surface area contributed by atoms with Crippen LogP contribution in [-0.4, -0.2) is 33.4 Å². The minimum Gasteiger partial charge on any atom is -0.380 e. The summed E-state index contributed by atoms with van der Waals surface area (Å²) in [7, 11) is -3.23. The van der Waals surface area contributed by atoms with Gasteiger partial charge < -0.3 is 10.1 Å². The van der Waals surface area contributed by atoms with E-state index in [0.717, 1.165) is 30.5 Å². The molecule has 6 heteroatoms. The first-order valence-corrected chi connectivity index (χ1v) is 8.21. The van der Waals surface area contributed by atoms with E-state index in [1.165, 1.54) is 0 Å². The molecule has 1 aromatic carbocycles. The zero-order valence-corrected chi connectivity index (χ0v) is 12.3. The van der Waals surface area contributed by atoms with Crippen LogP contribution >= 0.6 is 0 Å². The van der Waals surface area contributed by atoms with Gasteiger partial charge in [0.25, 0.3) is 0 Å². The van der Waals surface area contributed by atoms with Gasteiger partial charge in [0.15, 0.2) is 0 Å². The second-order valence-electron chi connectivity index (χ2n) is 5.02. The molecule has 19 heavy (non-hydrogen) atoms. The van der Waals surface area contributed by atoms with Crippen molar-refractivity contribution in [3.05, 3.63) is 23.8 Å². The van der Waals surface area contributed by atoms with Gasteiger partial charge in [-0.2, -0.15) is 0 Å². The molecule has 1 saturated heterocycles. The zero-order chi connectivity index (χ0) is 14.0. The lowest BCUT2D eigenvalue weighted by atomic mass is 10.1. The number of aryl methyl sites for hydroxylation is 1. The Morgan fingerprint density at radius 3 is 2.63 bits per heavy atom. The predicted molar refractivity (Wildman–Crippen MR) is 77.1 cm³/mol. The van der Waals surface area contributed by atoms with Gasteiger partial charge in [-0.15, -0.1) is 0 Å². The molecule has 1 heterocycles. The van der Waals surface area contributed by atoms with E-state index in [4.69, 9.17) is 4.74 Å². The van der Waals surface area contributed by atoms with Crippen LogP contribution in [0, 0.1) is 6.92 Å². The molecule has 1 aromatic rings. The third-order valence-electron chi connectivity index (χ3n) is 3.25. The maximum absolute atomic E-state index is 11.2. The molecule has 2 rings (SSSR count). The fraction of sp³-hybridized carbons (Fsp3) is 0.538. The second kappa shape index (κ2) is 5.38. The molecule has 5 nitrogen and oxygen atoms in total. The molecule has 0 amide bonds. The van der Waals surface area contributed by atoms with Gasteiger partial charge in [-0.05, 0) is 44.0 Å². The van der Waals surface area contributed by atoms with Crippen LogP contribution < -0.4 is 10.0 Å². The third-order valence-corrected chi connectivity index (χ3v) is 3.84. The summed E-state index contributed by atoms with van der Waals surface area (Å²) in [5, 5.41) is 3.42. The highest BCUT2D eigenvalue weighted by molar-refractivity contribution is 7.92. The number of benzene rings is 1. The highest BCUT2D eigenvalue weighted by Gasteiger charge is 2.23. The summed E-state index contributed by atoms with van der Waals surface area (Å²) in [6.45, 7) is 4.72. The van der Waals surface area contributed by atoms with E-state index in [1.54, 1.807) is 6.07 Å². The Balaban J connectivity index is 2.10. The lowest BCUT2D eigenvalue weighted by Gasteiger charge is -2.18. The number of sulfonamides is 1. The molecule has 2 N–H and O–H groups in total. The van der Waals surface area contributed by atoms with Crippen LogP contribution in [0.3, 0.4) is 0 Å². The Hall–Kier alpha value is -1.27. The number of hydrogen-bond donors (Lipinski definition) is 2. The number of nitrogens with one attached hydrogen (secondary N) is 2. The van der Waals surface area contributed by atoms with E-state index in [1.807, 2.05) is 19.1 Å². The SMILES string of the molecule is Cc1cc(NC2CCOC2C)ccc1NS(C)(=O)=O. The monoisotopic (exact) mass is 284 g/mol. The summed E-state index contributed by atoms with van der Waals surface area (Å²) >= 11 is 0. The summed E-state index contributed by atoms with van der Waals surface area (Å²) < 4.78 is 30.4. The molecule has 106 valence electrons. The molecule has 0 spiro atoms. The quantitative estimate of drug-likeness (QED) is 0.887. The Labute approximate surface area is 114 Å². The summed E-state index contributed by atoms with van der Waals surface area (Å²) in [6, 6.07) is 5.91. The van der Waals surface area contributed by atoms with Crippen LogP contribution in [0.2, 0.25) is 0 Å². The Bertz CT molecular complexity index is 557. The fourth-order valence-electron chi connectivity index (χ4n) is 2.20. The van der Waals surface area contributed by atoms with Crippen molar-refractivity contribution in [3.8, 4) is 0 Å². The van der Waals surface area contributed by atoms with Crippen LogP contribution in [0.5, 0.6) is 0 Å². The van der Waals surface area contributed by atoms with Crippen molar-refractivity contribution < 1.29 is 13.2 Å². The first-order valence-electron chi connectivity index (χ1n) is 6.32. The number of rotatable bonds is 4. The van der Waals surface area contributed by atoms with E-state index < -0.39 is 10.0 Å². The fourth-order valence-corrected chi connectivity index (χ4v) is 2.83. The van der Waals surface area contributed by atoms with Crippen molar-refractivity contribution in [2.45, 2.75) is 32.4 Å². The average Bonchev–Trinajstić information content (AvgIpc) is 2.67. The van der Waals surface area contributed by atoms with Gasteiger partial charge in [0.2, 0.25) is 10.0 Å². The highest BCUT2D eigenvalue weighted by atomic mass is 32.2. The molecule has 1 aliphatic heterocycles. The Kier molecular flexibility index (Phi) is 4.01. The Morgan fingerprint density at radius 1 is 1.37 bits per heavy atom. The van der Waals surface area contributed by atoms with Gasteiger partial charge in [-0.1, -0.05) is 0 Å². The minimum absolute atomic E-state index is 0.203. The first-order chi connectivity index (χ1) is 8.85. The minimum atomic E-state index is -3.23. The molecular formula is C13H20N2O3S. The van der Waals surface area contributed by atoms with Crippen molar-refractivity contribution in [1.82, 2.24) is 0 Å². The average molecular weight is 284 g/mol. The van der Waals surface area contributed by atoms with Gasteiger partial charge in [0, 0.05) is 12.3 Å². The molecular weight excluding hydrogens is 264 g/mol. The Morgan fingerprint density at radius 2 is 2.11 bits per heavy atom. The van der Waals surface area contributed by atoms with Crippen molar-refractivity contribution in [2.75, 3.05) is 22.9 Å². The van der Waals surface area contributed by atoms with Gasteiger partial charge >= 0.3 is 0 Å². The summed E-state index contributed by atoms with van der Waals surface area (Å²) in [4.78, 5) is 0. The molecule has 0 saturated carbocycles. The maximum atomic E-state index is 11.2. The largest absolute Gasteiger partial charge is 0.380 e. The van der Waals surface area contributed by atoms with Crippen LogP contribution in [-0.2, 0) is 14.8 Å². The molecule has 1 fully saturated rings. The third kappa shape index (κ3) is 3.84.